The maximum Gasteiger partial charge on any atom is 0.318 e. The maximum atomic E-state index is 14.2. The number of halogens is 2. The SMILES string of the molecule is COc1cc(N(S(=O)(=O)Cc2cccc(F)c2F)S(=O)(=O)N2CCN(CC(=O)O)CC2)ncn1. The van der Waals surface area contributed by atoms with E-state index in [1.807, 2.05) is 0 Å². The lowest BCUT2D eigenvalue weighted by atomic mass is 10.2. The molecule has 1 aliphatic rings. The molecule has 1 saturated heterocycles. The Balaban J connectivity index is 2.02. The van der Waals surface area contributed by atoms with Gasteiger partial charge in [-0.1, -0.05) is 12.1 Å². The number of aliphatic carboxylic acids is 1. The second-order valence-corrected chi connectivity index (χ2v) is 11.0. The first-order valence-electron chi connectivity index (χ1n) is 9.72. The van der Waals surface area contributed by atoms with Gasteiger partial charge in [-0.3, -0.25) is 9.69 Å². The van der Waals surface area contributed by atoms with Gasteiger partial charge in [0.05, 0.1) is 19.4 Å². The van der Waals surface area contributed by atoms with E-state index in [1.54, 1.807) is 0 Å². The topological polar surface area (TPSA) is 150 Å². The fraction of sp³-hybridized carbons (Fsp3) is 0.389. The molecule has 0 saturated carbocycles. The second-order valence-electron chi connectivity index (χ2n) is 7.16. The van der Waals surface area contributed by atoms with Gasteiger partial charge in [-0.2, -0.15) is 12.7 Å². The Hall–Kier alpha value is -2.95. The average molecular weight is 522 g/mol. The van der Waals surface area contributed by atoms with Crippen molar-refractivity contribution < 1.29 is 40.3 Å². The number of carbonyl (C=O) groups is 1. The molecule has 16 heteroatoms. The normalized spacial score (nSPS) is 15.7. The van der Waals surface area contributed by atoms with Crippen molar-refractivity contribution in [1.82, 2.24) is 19.2 Å². The monoisotopic (exact) mass is 521 g/mol. The standard InChI is InChI=1S/C18H21F2N5O7S2/c1-32-16-9-15(21-12-22-16)25(33(28,29)11-13-3-2-4-14(19)18(13)20)34(30,31)24-7-5-23(6-8-24)10-17(26)27/h2-4,9,12H,5-8,10-11H2,1H3,(H,26,27). The summed E-state index contributed by atoms with van der Waals surface area (Å²) in [5, 5.41) is 8.92. The number of sulfonamides is 1. The number of rotatable bonds is 9. The highest BCUT2D eigenvalue weighted by atomic mass is 32.3. The van der Waals surface area contributed by atoms with Crippen LogP contribution in [-0.4, -0.2) is 86.9 Å². The molecule has 2 aromatic rings. The van der Waals surface area contributed by atoms with Crippen LogP contribution in [0.2, 0.25) is 0 Å². The lowest BCUT2D eigenvalue weighted by Crippen LogP contribution is -2.55. The predicted octanol–water partition coefficient (Wildman–Crippen LogP) is 0.0468. The van der Waals surface area contributed by atoms with E-state index in [9.17, 15) is 30.4 Å². The van der Waals surface area contributed by atoms with E-state index in [1.165, 1.54) is 12.0 Å². The molecule has 0 atom stereocenters. The van der Waals surface area contributed by atoms with Gasteiger partial charge in [0.25, 0.3) is 10.0 Å². The van der Waals surface area contributed by atoms with Crippen LogP contribution >= 0.6 is 0 Å². The van der Waals surface area contributed by atoms with Crippen molar-refractivity contribution in [1.29, 1.82) is 0 Å². The van der Waals surface area contributed by atoms with Crippen LogP contribution < -0.4 is 8.45 Å². The smallest absolute Gasteiger partial charge is 0.318 e. The third kappa shape index (κ3) is 5.57. The van der Waals surface area contributed by atoms with Crippen molar-refractivity contribution in [2.24, 2.45) is 0 Å². The molecule has 1 aromatic heterocycles. The van der Waals surface area contributed by atoms with Gasteiger partial charge >= 0.3 is 16.2 Å². The first-order chi connectivity index (χ1) is 16.0. The van der Waals surface area contributed by atoms with Crippen LogP contribution in [0.25, 0.3) is 0 Å². The Morgan fingerprint density at radius 2 is 1.82 bits per heavy atom. The third-order valence-electron chi connectivity index (χ3n) is 4.87. The zero-order valence-electron chi connectivity index (χ0n) is 17.8. The van der Waals surface area contributed by atoms with Gasteiger partial charge in [0.1, 0.15) is 6.33 Å². The number of hydrogen-bond acceptors (Lipinski definition) is 9. The van der Waals surface area contributed by atoms with Crippen LogP contribution in [0, 0.1) is 11.6 Å². The molecule has 0 bridgehead atoms. The van der Waals surface area contributed by atoms with Crippen LogP contribution in [0.5, 0.6) is 5.88 Å². The van der Waals surface area contributed by atoms with Gasteiger partial charge in [0, 0.05) is 37.8 Å². The molecule has 1 aliphatic heterocycles. The van der Waals surface area contributed by atoms with E-state index in [0.717, 1.165) is 34.9 Å². The summed E-state index contributed by atoms with van der Waals surface area (Å²) in [5.41, 5.74) is -0.576. The number of piperazine rings is 1. The molecule has 12 nitrogen and oxygen atoms in total. The van der Waals surface area contributed by atoms with Crippen LogP contribution in [0.4, 0.5) is 14.6 Å². The predicted molar refractivity (Wildman–Crippen MR) is 115 cm³/mol. The minimum absolute atomic E-state index is 0.0292. The van der Waals surface area contributed by atoms with Crippen molar-refractivity contribution in [2.75, 3.05) is 43.5 Å². The van der Waals surface area contributed by atoms with E-state index < -0.39 is 55.0 Å². The summed E-state index contributed by atoms with van der Waals surface area (Å²) in [6.45, 7) is -0.662. The Labute approximate surface area is 194 Å². The number of methoxy groups -OCH3 is 1. The number of hydrogen-bond donors (Lipinski definition) is 1. The molecule has 1 fully saturated rings. The quantitative estimate of drug-likeness (QED) is 0.479. The summed E-state index contributed by atoms with van der Waals surface area (Å²) in [4.78, 5) is 19.9. The van der Waals surface area contributed by atoms with Crippen molar-refractivity contribution in [2.45, 2.75) is 5.75 Å². The summed E-state index contributed by atoms with van der Waals surface area (Å²) < 4.78 is 87.2. The molecule has 0 amide bonds. The number of carboxylic acids is 1. The largest absolute Gasteiger partial charge is 0.481 e. The molecule has 1 aromatic carbocycles. The molecule has 0 radical (unpaired) electrons. The van der Waals surface area contributed by atoms with Crippen molar-refractivity contribution in [3.63, 3.8) is 0 Å². The minimum atomic E-state index is -4.89. The fourth-order valence-corrected chi connectivity index (χ4v) is 7.15. The molecular weight excluding hydrogens is 500 g/mol. The lowest BCUT2D eigenvalue weighted by Gasteiger charge is -2.35. The van der Waals surface area contributed by atoms with Gasteiger partial charge in [0.2, 0.25) is 5.88 Å². The van der Waals surface area contributed by atoms with E-state index in [4.69, 9.17) is 9.84 Å². The average Bonchev–Trinajstić information content (AvgIpc) is 2.76. The van der Waals surface area contributed by atoms with Crippen LogP contribution in [0.1, 0.15) is 5.56 Å². The molecular formula is C18H21F2N5O7S2. The highest BCUT2D eigenvalue weighted by Gasteiger charge is 2.41. The molecule has 34 heavy (non-hydrogen) atoms. The molecule has 186 valence electrons. The molecule has 3 rings (SSSR count). The van der Waals surface area contributed by atoms with Gasteiger partial charge in [-0.15, -0.1) is 3.71 Å². The van der Waals surface area contributed by atoms with E-state index in [-0.39, 0.29) is 42.3 Å². The first-order valence-corrected chi connectivity index (χ1v) is 12.7. The molecule has 0 unspecified atom stereocenters. The Morgan fingerprint density at radius 3 is 2.44 bits per heavy atom. The van der Waals surface area contributed by atoms with Crippen LogP contribution in [0.3, 0.4) is 0 Å². The third-order valence-corrected chi connectivity index (χ3v) is 9.11. The van der Waals surface area contributed by atoms with Gasteiger partial charge < -0.3 is 9.84 Å². The van der Waals surface area contributed by atoms with Crippen LogP contribution in [0.15, 0.2) is 30.6 Å². The fourth-order valence-electron chi connectivity index (χ4n) is 3.28. The zero-order valence-corrected chi connectivity index (χ0v) is 19.5. The molecule has 1 N–H and O–H groups in total. The first kappa shape index (κ1) is 25.7. The highest BCUT2D eigenvalue weighted by Crippen LogP contribution is 2.28. The number of ether oxygens (including phenoxy) is 1. The minimum Gasteiger partial charge on any atom is -0.481 e. The Morgan fingerprint density at radius 1 is 1.15 bits per heavy atom. The number of aromatic nitrogens is 2. The number of benzene rings is 1. The number of anilines is 1. The summed E-state index contributed by atoms with van der Waals surface area (Å²) in [6, 6.07) is 3.88. The van der Waals surface area contributed by atoms with Crippen molar-refractivity contribution in [3.8, 4) is 5.88 Å². The van der Waals surface area contributed by atoms with E-state index in [2.05, 4.69) is 9.97 Å². The van der Waals surface area contributed by atoms with Crippen LogP contribution in [-0.2, 0) is 30.8 Å². The van der Waals surface area contributed by atoms with Gasteiger partial charge in [-0.05, 0) is 6.07 Å². The van der Waals surface area contributed by atoms with E-state index in [0.29, 0.717) is 0 Å². The highest BCUT2D eigenvalue weighted by molar-refractivity contribution is 8.08. The molecule has 0 aliphatic carbocycles. The summed E-state index contributed by atoms with van der Waals surface area (Å²) >= 11 is 0. The number of nitrogens with zero attached hydrogens (tertiary/aromatic N) is 5. The Bertz CT molecular complexity index is 1270. The van der Waals surface area contributed by atoms with Crippen molar-refractivity contribution in [3.05, 3.63) is 47.8 Å². The maximum absolute atomic E-state index is 14.2. The second kappa shape index (κ2) is 10.1. The van der Waals surface area contributed by atoms with Gasteiger partial charge in [-0.25, -0.2) is 27.2 Å². The van der Waals surface area contributed by atoms with Crippen molar-refractivity contribution >= 4 is 32.0 Å². The summed E-state index contributed by atoms with van der Waals surface area (Å²) in [5.74, 6) is -5.71. The number of carboxylic acid groups (broad SMARTS) is 1. The summed E-state index contributed by atoms with van der Waals surface area (Å²) in [6.07, 6.45) is 0.889. The lowest BCUT2D eigenvalue weighted by molar-refractivity contribution is -0.138. The van der Waals surface area contributed by atoms with Gasteiger partial charge in [0.15, 0.2) is 17.5 Å². The molecule has 0 spiro atoms. The Kier molecular flexibility index (Phi) is 7.64. The summed E-state index contributed by atoms with van der Waals surface area (Å²) in [7, 11) is -8.48. The zero-order chi connectivity index (χ0) is 25.1. The molecule has 2 heterocycles. The van der Waals surface area contributed by atoms with E-state index >= 15 is 0 Å².